The van der Waals surface area contributed by atoms with E-state index in [2.05, 4.69) is 25.8 Å². The molecule has 78 valence electrons. The van der Waals surface area contributed by atoms with E-state index in [-0.39, 0.29) is 5.54 Å². The third-order valence-electron chi connectivity index (χ3n) is 2.93. The number of nitrogens with zero attached hydrogens (tertiary/aromatic N) is 1. The minimum absolute atomic E-state index is 0.204. The number of nitrogens with two attached hydrogens (primary N) is 1. The van der Waals surface area contributed by atoms with Crippen LogP contribution in [0.5, 0.6) is 0 Å². The number of thiazole rings is 1. The minimum atomic E-state index is -0.204. The van der Waals surface area contributed by atoms with Gasteiger partial charge in [-0.25, -0.2) is 4.98 Å². The summed E-state index contributed by atoms with van der Waals surface area (Å²) in [5.74, 6) is 0.856. The van der Waals surface area contributed by atoms with Crippen LogP contribution < -0.4 is 5.73 Å². The fourth-order valence-electron chi connectivity index (χ4n) is 1.73. The highest BCUT2D eigenvalue weighted by molar-refractivity contribution is 7.11. The molecule has 1 aliphatic rings. The molecule has 1 heterocycles. The summed E-state index contributed by atoms with van der Waals surface area (Å²) in [6.07, 6.45) is 3.81. The normalized spacial score (nSPS) is 20.9. The average molecular weight is 210 g/mol. The molecule has 0 aliphatic heterocycles. The highest BCUT2D eigenvalue weighted by Gasteiger charge is 2.33. The van der Waals surface area contributed by atoms with Crippen molar-refractivity contribution in [3.63, 3.8) is 0 Å². The lowest BCUT2D eigenvalue weighted by molar-refractivity contribution is 0.421. The van der Waals surface area contributed by atoms with Gasteiger partial charge in [-0.1, -0.05) is 12.8 Å². The topological polar surface area (TPSA) is 38.9 Å². The smallest absolute Gasteiger partial charge is 0.113 e. The van der Waals surface area contributed by atoms with Gasteiger partial charge in [-0.3, -0.25) is 0 Å². The Morgan fingerprint density at radius 3 is 2.57 bits per heavy atom. The molecule has 3 heteroatoms. The molecular formula is C11H18N2S. The fourth-order valence-corrected chi connectivity index (χ4v) is 2.71. The van der Waals surface area contributed by atoms with E-state index in [1.807, 2.05) is 0 Å². The van der Waals surface area contributed by atoms with Gasteiger partial charge in [0.2, 0.25) is 0 Å². The van der Waals surface area contributed by atoms with Gasteiger partial charge in [0.1, 0.15) is 5.01 Å². The average Bonchev–Trinajstić information content (AvgIpc) is 2.79. The Bertz CT molecular complexity index is 318. The van der Waals surface area contributed by atoms with Crippen molar-refractivity contribution in [3.05, 3.63) is 15.6 Å². The number of aromatic nitrogens is 1. The Morgan fingerprint density at radius 2 is 2.14 bits per heavy atom. The minimum Gasteiger partial charge on any atom is -0.320 e. The van der Waals surface area contributed by atoms with Crippen LogP contribution in [0.1, 0.15) is 41.8 Å². The first kappa shape index (κ1) is 10.1. The Balaban J connectivity index is 2.18. The molecule has 0 aromatic carbocycles. The summed E-state index contributed by atoms with van der Waals surface area (Å²) in [5.41, 5.74) is 7.24. The lowest BCUT2D eigenvalue weighted by atomic mass is 9.97. The van der Waals surface area contributed by atoms with Gasteiger partial charge in [0.05, 0.1) is 11.2 Å². The van der Waals surface area contributed by atoms with Gasteiger partial charge in [-0.2, -0.15) is 0 Å². The van der Waals surface area contributed by atoms with Crippen molar-refractivity contribution >= 4 is 11.3 Å². The van der Waals surface area contributed by atoms with Crippen LogP contribution >= 0.6 is 11.3 Å². The number of rotatable bonds is 3. The van der Waals surface area contributed by atoms with Crippen LogP contribution in [0.2, 0.25) is 0 Å². The van der Waals surface area contributed by atoms with Crippen LogP contribution in [0.25, 0.3) is 0 Å². The molecule has 1 aromatic heterocycles. The van der Waals surface area contributed by atoms with Gasteiger partial charge in [-0.15, -0.1) is 11.3 Å². The molecule has 0 radical (unpaired) electrons. The molecule has 1 aliphatic carbocycles. The molecule has 0 saturated heterocycles. The lowest BCUT2D eigenvalue weighted by Gasteiger charge is -2.21. The Labute approximate surface area is 89.5 Å². The monoisotopic (exact) mass is 210 g/mol. The molecule has 1 fully saturated rings. The van der Waals surface area contributed by atoms with E-state index in [1.54, 1.807) is 11.3 Å². The van der Waals surface area contributed by atoms with Crippen molar-refractivity contribution in [1.29, 1.82) is 0 Å². The van der Waals surface area contributed by atoms with Gasteiger partial charge < -0.3 is 5.73 Å². The van der Waals surface area contributed by atoms with Crippen LogP contribution in [0.3, 0.4) is 0 Å². The second kappa shape index (κ2) is 3.31. The number of aryl methyl sites for hydroxylation is 2. The third-order valence-corrected chi connectivity index (χ3v) is 4.28. The molecule has 0 spiro atoms. The maximum absolute atomic E-state index is 6.31. The second-order valence-electron chi connectivity index (χ2n) is 4.73. The molecule has 0 amide bonds. The quantitative estimate of drug-likeness (QED) is 0.833. The van der Waals surface area contributed by atoms with Crippen LogP contribution in [-0.4, -0.2) is 4.98 Å². The highest BCUT2D eigenvalue weighted by atomic mass is 32.1. The number of hydrogen-bond donors (Lipinski definition) is 1. The maximum Gasteiger partial charge on any atom is 0.113 e. The molecule has 2 nitrogen and oxygen atoms in total. The van der Waals surface area contributed by atoms with E-state index in [9.17, 15) is 0 Å². The van der Waals surface area contributed by atoms with E-state index in [0.29, 0.717) is 0 Å². The van der Waals surface area contributed by atoms with E-state index in [4.69, 9.17) is 5.73 Å². The first-order valence-electron chi connectivity index (χ1n) is 5.22. The second-order valence-corrected chi connectivity index (χ2v) is 5.93. The van der Waals surface area contributed by atoms with E-state index >= 15 is 0 Å². The van der Waals surface area contributed by atoms with Gasteiger partial charge in [0.25, 0.3) is 0 Å². The maximum atomic E-state index is 6.31. The first-order chi connectivity index (χ1) is 6.49. The van der Waals surface area contributed by atoms with Gasteiger partial charge in [-0.05, 0) is 33.1 Å². The summed E-state index contributed by atoms with van der Waals surface area (Å²) >= 11 is 1.75. The summed E-state index contributed by atoms with van der Waals surface area (Å²) in [5, 5.41) is 1.11. The first-order valence-corrected chi connectivity index (χ1v) is 6.04. The van der Waals surface area contributed by atoms with Crippen molar-refractivity contribution < 1.29 is 0 Å². The van der Waals surface area contributed by atoms with E-state index in [1.165, 1.54) is 17.7 Å². The standard InChI is InChI=1S/C11H18N2S/c1-7-8(2)14-10(13-7)11(3,12)6-9-4-5-9/h9H,4-6,12H2,1-3H3. The summed E-state index contributed by atoms with van der Waals surface area (Å²) < 4.78 is 0. The van der Waals surface area contributed by atoms with E-state index < -0.39 is 0 Å². The molecule has 2 N–H and O–H groups in total. The molecule has 1 aromatic rings. The third kappa shape index (κ3) is 1.98. The van der Waals surface area contributed by atoms with Crippen molar-refractivity contribution in [2.75, 3.05) is 0 Å². The number of hydrogen-bond acceptors (Lipinski definition) is 3. The molecule has 1 atom stereocenters. The summed E-state index contributed by atoms with van der Waals surface area (Å²) in [4.78, 5) is 5.85. The van der Waals surface area contributed by atoms with Crippen molar-refractivity contribution in [2.24, 2.45) is 11.7 Å². The van der Waals surface area contributed by atoms with E-state index in [0.717, 1.165) is 23.0 Å². The van der Waals surface area contributed by atoms with Crippen LogP contribution in [0.4, 0.5) is 0 Å². The van der Waals surface area contributed by atoms with Crippen LogP contribution in [0.15, 0.2) is 0 Å². The predicted octanol–water partition coefficient (Wildman–Crippen LogP) is 2.73. The van der Waals surface area contributed by atoms with Crippen molar-refractivity contribution in [3.8, 4) is 0 Å². The van der Waals surface area contributed by atoms with Crippen LogP contribution in [-0.2, 0) is 5.54 Å². The zero-order valence-corrected chi connectivity index (χ0v) is 9.95. The molecule has 1 saturated carbocycles. The zero-order valence-electron chi connectivity index (χ0n) is 9.13. The summed E-state index contributed by atoms with van der Waals surface area (Å²) in [6, 6.07) is 0. The molecule has 14 heavy (non-hydrogen) atoms. The van der Waals surface area contributed by atoms with Crippen LogP contribution in [0, 0.1) is 19.8 Å². The summed E-state index contributed by atoms with van der Waals surface area (Å²) in [7, 11) is 0. The molecule has 0 bridgehead atoms. The summed E-state index contributed by atoms with van der Waals surface area (Å²) in [6.45, 7) is 6.29. The molecular weight excluding hydrogens is 192 g/mol. The Morgan fingerprint density at radius 1 is 1.50 bits per heavy atom. The largest absolute Gasteiger partial charge is 0.320 e. The lowest BCUT2D eigenvalue weighted by Crippen LogP contribution is -2.33. The Hall–Kier alpha value is -0.410. The van der Waals surface area contributed by atoms with Gasteiger partial charge in [0, 0.05) is 4.88 Å². The Kier molecular flexibility index (Phi) is 2.40. The highest BCUT2D eigenvalue weighted by Crippen LogP contribution is 2.40. The van der Waals surface area contributed by atoms with Crippen molar-refractivity contribution in [2.45, 2.75) is 45.6 Å². The van der Waals surface area contributed by atoms with Crippen molar-refractivity contribution in [1.82, 2.24) is 4.98 Å². The fraction of sp³-hybridized carbons (Fsp3) is 0.727. The SMILES string of the molecule is Cc1nc(C(C)(N)CC2CC2)sc1C. The zero-order chi connectivity index (χ0) is 10.3. The van der Waals surface area contributed by atoms with Gasteiger partial charge >= 0.3 is 0 Å². The molecule has 1 unspecified atom stereocenters. The predicted molar refractivity (Wildman–Crippen MR) is 60.5 cm³/mol. The van der Waals surface area contributed by atoms with Gasteiger partial charge in [0.15, 0.2) is 0 Å². The molecule has 2 rings (SSSR count).